The van der Waals surface area contributed by atoms with Crippen molar-refractivity contribution < 1.29 is 17.2 Å². The van der Waals surface area contributed by atoms with Gasteiger partial charge in [0.2, 0.25) is 0 Å². The van der Waals surface area contributed by atoms with Gasteiger partial charge in [-0.3, -0.25) is 4.55 Å². The molecule has 1 N–H and O–H groups in total. The third-order valence-electron chi connectivity index (χ3n) is 0.267. The first-order valence-corrected chi connectivity index (χ1v) is 3.04. The van der Waals surface area contributed by atoms with Crippen LogP contribution in [0.2, 0.25) is 0 Å². The number of rotatable bonds is 2. The van der Waals surface area contributed by atoms with E-state index in [1.165, 1.54) is 6.92 Å². The molecule has 0 rings (SSSR count). The Hall–Kier alpha value is 0.870. The maximum atomic E-state index is 9.56. The van der Waals surface area contributed by atoms with E-state index in [4.69, 9.17) is 4.55 Å². The molecule has 0 atom stereocenters. The summed E-state index contributed by atoms with van der Waals surface area (Å²) >= 11 is 0. The van der Waals surface area contributed by atoms with Crippen LogP contribution in [0.5, 0.6) is 0 Å². The van der Waals surface area contributed by atoms with Gasteiger partial charge in [0.25, 0.3) is 0 Å². The largest absolute Gasteiger partial charge is 0.397 e. The van der Waals surface area contributed by atoms with Crippen molar-refractivity contribution in [3.8, 4) is 0 Å². The molecule has 0 saturated carbocycles. The van der Waals surface area contributed by atoms with Gasteiger partial charge in [-0.25, -0.2) is 4.18 Å². The molecule has 0 saturated heterocycles. The molecule has 0 bridgehead atoms. The van der Waals surface area contributed by atoms with Gasteiger partial charge in [0.05, 0.1) is 6.61 Å². The molecule has 0 aromatic rings. The maximum absolute atomic E-state index is 9.56. The monoisotopic (exact) mass is 149 g/mol. The minimum absolute atomic E-state index is 0. The van der Waals surface area contributed by atoms with Gasteiger partial charge in [0.15, 0.2) is 0 Å². The van der Waals surface area contributed by atoms with Crippen molar-refractivity contribution in [2.75, 3.05) is 6.61 Å². The minimum atomic E-state index is -4.17. The summed E-state index contributed by atoms with van der Waals surface area (Å²) < 4.78 is 30.7. The molecule has 0 aliphatic carbocycles. The van der Waals surface area contributed by atoms with E-state index >= 15 is 0 Å². The predicted octanol–water partition coefficient (Wildman–Crippen LogP) is -0.555. The van der Waals surface area contributed by atoms with Crippen LogP contribution >= 0.6 is 0 Å². The summed E-state index contributed by atoms with van der Waals surface area (Å²) in [5.74, 6) is 0. The van der Waals surface area contributed by atoms with Crippen LogP contribution in [0.25, 0.3) is 0 Å². The Kier molecular flexibility index (Phi) is 6.87. The first-order valence-electron chi connectivity index (χ1n) is 1.68. The molecule has 0 aliphatic rings. The Morgan fingerprint density at radius 2 is 2.00 bits per heavy atom. The molecular weight excluding hydrogens is 143 g/mol. The normalized spacial score (nSPS) is 10.2. The summed E-state index contributed by atoms with van der Waals surface area (Å²) in [5.41, 5.74) is 0. The van der Waals surface area contributed by atoms with E-state index in [1.54, 1.807) is 0 Å². The van der Waals surface area contributed by atoms with Crippen molar-refractivity contribution in [1.82, 2.24) is 0 Å². The third-order valence-corrected chi connectivity index (χ3v) is 0.800. The fourth-order valence-corrected chi connectivity index (χ4v) is 0.447. The summed E-state index contributed by atoms with van der Waals surface area (Å²) in [6, 6.07) is 0. The smallest absolute Gasteiger partial charge is 0.264 e. The molecule has 45 valence electrons. The van der Waals surface area contributed by atoms with Crippen LogP contribution in [-0.2, 0) is 14.6 Å². The second-order valence-electron chi connectivity index (χ2n) is 0.834. The van der Waals surface area contributed by atoms with Crippen molar-refractivity contribution in [3.05, 3.63) is 0 Å². The maximum Gasteiger partial charge on any atom is 0.397 e. The van der Waals surface area contributed by atoms with Crippen LogP contribution in [0, 0.1) is 0 Å². The molecule has 1 radical (unpaired) electrons. The van der Waals surface area contributed by atoms with Gasteiger partial charge in [0.1, 0.15) is 0 Å². The molecular formula is C2H6NaO4S. The Bertz CT molecular complexity index is 127. The van der Waals surface area contributed by atoms with E-state index in [2.05, 4.69) is 4.18 Å². The first-order chi connectivity index (χ1) is 3.06. The zero-order valence-corrected chi connectivity index (χ0v) is 7.60. The van der Waals surface area contributed by atoms with Crippen LogP contribution in [0.15, 0.2) is 0 Å². The molecule has 0 heterocycles. The van der Waals surface area contributed by atoms with Crippen molar-refractivity contribution >= 4 is 40.0 Å². The minimum Gasteiger partial charge on any atom is -0.264 e. The SMILES string of the molecule is CCOS(=O)(=O)O.[Na]. The van der Waals surface area contributed by atoms with Crippen molar-refractivity contribution in [3.63, 3.8) is 0 Å². The molecule has 6 heteroatoms. The average molecular weight is 149 g/mol. The van der Waals surface area contributed by atoms with Crippen LogP contribution in [0.3, 0.4) is 0 Å². The third kappa shape index (κ3) is 9.98. The molecule has 0 fully saturated rings. The van der Waals surface area contributed by atoms with Gasteiger partial charge in [-0.15, -0.1) is 0 Å². The molecule has 0 aromatic carbocycles. The fraction of sp³-hybridized carbons (Fsp3) is 1.00. The van der Waals surface area contributed by atoms with Crippen molar-refractivity contribution in [2.24, 2.45) is 0 Å². The van der Waals surface area contributed by atoms with Crippen LogP contribution in [0.4, 0.5) is 0 Å². The quantitative estimate of drug-likeness (QED) is 0.422. The van der Waals surface area contributed by atoms with Gasteiger partial charge in [-0.2, -0.15) is 8.42 Å². The van der Waals surface area contributed by atoms with E-state index in [1.807, 2.05) is 0 Å². The Morgan fingerprint density at radius 3 is 2.00 bits per heavy atom. The van der Waals surface area contributed by atoms with Crippen LogP contribution < -0.4 is 0 Å². The average Bonchev–Trinajstić information content (AvgIpc) is 1.30. The zero-order valence-electron chi connectivity index (χ0n) is 4.79. The van der Waals surface area contributed by atoms with Crippen LogP contribution in [0.1, 0.15) is 6.92 Å². The first kappa shape index (κ1) is 11.6. The molecule has 0 aliphatic heterocycles. The van der Waals surface area contributed by atoms with Crippen LogP contribution in [-0.4, -0.2) is 49.1 Å². The molecule has 4 nitrogen and oxygen atoms in total. The second kappa shape index (κ2) is 4.72. The zero-order chi connectivity index (χ0) is 5.91. The van der Waals surface area contributed by atoms with E-state index < -0.39 is 10.4 Å². The molecule has 0 unspecified atom stereocenters. The predicted molar refractivity (Wildman–Crippen MR) is 28.9 cm³/mol. The molecule has 8 heavy (non-hydrogen) atoms. The summed E-state index contributed by atoms with van der Waals surface area (Å²) in [6.45, 7) is 1.44. The summed E-state index contributed by atoms with van der Waals surface area (Å²) in [7, 11) is -4.17. The standard InChI is InChI=1S/C2H6O4S.Na/c1-2-6-7(3,4)5;/h2H2,1H3,(H,3,4,5);. The van der Waals surface area contributed by atoms with E-state index in [-0.39, 0.29) is 36.2 Å². The van der Waals surface area contributed by atoms with Crippen molar-refractivity contribution in [1.29, 1.82) is 0 Å². The van der Waals surface area contributed by atoms with Gasteiger partial charge in [-0.1, -0.05) is 0 Å². The van der Waals surface area contributed by atoms with E-state index in [0.717, 1.165) is 0 Å². The Balaban J connectivity index is 0. The summed E-state index contributed by atoms with van der Waals surface area (Å²) in [5, 5.41) is 0. The van der Waals surface area contributed by atoms with Gasteiger partial charge < -0.3 is 0 Å². The summed E-state index contributed by atoms with van der Waals surface area (Å²) in [6.07, 6.45) is 0. The van der Waals surface area contributed by atoms with Gasteiger partial charge in [0, 0.05) is 29.6 Å². The number of hydrogen-bond donors (Lipinski definition) is 1. The fourth-order valence-electron chi connectivity index (χ4n) is 0.149. The van der Waals surface area contributed by atoms with Gasteiger partial charge in [-0.05, 0) is 6.92 Å². The summed E-state index contributed by atoms with van der Waals surface area (Å²) in [4.78, 5) is 0. The van der Waals surface area contributed by atoms with Crippen molar-refractivity contribution in [2.45, 2.75) is 6.92 Å². The van der Waals surface area contributed by atoms with E-state index in [9.17, 15) is 8.42 Å². The molecule has 0 spiro atoms. The Labute approximate surface area is 70.5 Å². The van der Waals surface area contributed by atoms with E-state index in [0.29, 0.717) is 0 Å². The second-order valence-corrected chi connectivity index (χ2v) is 1.93. The Morgan fingerprint density at radius 1 is 1.62 bits per heavy atom. The molecule has 0 aromatic heterocycles. The topological polar surface area (TPSA) is 63.6 Å². The molecule has 0 amide bonds. The number of hydrogen-bond acceptors (Lipinski definition) is 3. The van der Waals surface area contributed by atoms with Gasteiger partial charge >= 0.3 is 10.4 Å².